The van der Waals surface area contributed by atoms with Crippen LogP contribution >= 0.6 is 11.6 Å². The Morgan fingerprint density at radius 3 is 3.06 bits per heavy atom. The lowest BCUT2D eigenvalue weighted by Gasteiger charge is -2.22. The van der Waals surface area contributed by atoms with E-state index in [4.69, 9.17) is 21.1 Å². The van der Waals surface area contributed by atoms with Crippen molar-refractivity contribution in [3.8, 4) is 6.01 Å². The van der Waals surface area contributed by atoms with Crippen molar-refractivity contribution < 1.29 is 9.47 Å². The summed E-state index contributed by atoms with van der Waals surface area (Å²) in [7, 11) is 0. The second-order valence-electron chi connectivity index (χ2n) is 4.10. The fraction of sp³-hybridized carbons (Fsp3) is 0.727. The molecule has 2 rings (SSSR count). The van der Waals surface area contributed by atoms with Crippen molar-refractivity contribution in [3.05, 3.63) is 5.28 Å². The molecule has 0 bridgehead atoms. The van der Waals surface area contributed by atoms with Gasteiger partial charge in [0.1, 0.15) is 0 Å². The lowest BCUT2D eigenvalue weighted by molar-refractivity contribution is 0.0820. The quantitative estimate of drug-likeness (QED) is 0.832. The van der Waals surface area contributed by atoms with Gasteiger partial charge in [-0.15, -0.1) is 0 Å². The number of nitrogens with zero attached hydrogens (tertiary/aromatic N) is 4. The maximum atomic E-state index is 5.88. The van der Waals surface area contributed by atoms with E-state index < -0.39 is 0 Å². The van der Waals surface area contributed by atoms with Gasteiger partial charge in [-0.25, -0.2) is 0 Å². The Kier molecular flexibility index (Phi) is 4.54. The normalized spacial score (nSPS) is 20.6. The van der Waals surface area contributed by atoms with Crippen molar-refractivity contribution >= 4 is 17.5 Å². The first-order chi connectivity index (χ1) is 8.69. The van der Waals surface area contributed by atoms with Gasteiger partial charge in [0.25, 0.3) is 0 Å². The van der Waals surface area contributed by atoms with Gasteiger partial charge in [0, 0.05) is 19.7 Å². The summed E-state index contributed by atoms with van der Waals surface area (Å²) in [5.41, 5.74) is 0. The first-order valence-corrected chi connectivity index (χ1v) is 6.47. The van der Waals surface area contributed by atoms with Crippen LogP contribution in [0.3, 0.4) is 0 Å². The van der Waals surface area contributed by atoms with Gasteiger partial charge >= 0.3 is 6.01 Å². The van der Waals surface area contributed by atoms with Gasteiger partial charge in [0.2, 0.25) is 11.2 Å². The molecule has 100 valence electrons. The molecule has 0 amide bonds. The Balaban J connectivity index is 2.19. The molecule has 1 aliphatic rings. The average Bonchev–Trinajstić information content (AvgIpc) is 2.53. The molecule has 18 heavy (non-hydrogen) atoms. The average molecular weight is 273 g/mol. The molecule has 6 nitrogen and oxygen atoms in total. The Morgan fingerprint density at radius 1 is 1.44 bits per heavy atom. The zero-order chi connectivity index (χ0) is 13.0. The molecule has 1 saturated heterocycles. The van der Waals surface area contributed by atoms with E-state index in [2.05, 4.69) is 15.0 Å². The van der Waals surface area contributed by atoms with Crippen LogP contribution in [0.1, 0.15) is 20.3 Å². The molecule has 1 aliphatic heterocycles. The Bertz CT molecular complexity index is 405. The van der Waals surface area contributed by atoms with Crippen LogP contribution in [0.4, 0.5) is 5.95 Å². The van der Waals surface area contributed by atoms with Crippen LogP contribution < -0.4 is 9.64 Å². The summed E-state index contributed by atoms with van der Waals surface area (Å²) in [5, 5.41) is 0.154. The zero-order valence-corrected chi connectivity index (χ0v) is 11.4. The molecule has 1 aromatic rings. The highest BCUT2D eigenvalue weighted by molar-refractivity contribution is 6.28. The summed E-state index contributed by atoms with van der Waals surface area (Å²) >= 11 is 5.88. The van der Waals surface area contributed by atoms with E-state index in [1.54, 1.807) is 0 Å². The van der Waals surface area contributed by atoms with Gasteiger partial charge < -0.3 is 14.4 Å². The lowest BCUT2D eigenvalue weighted by Crippen LogP contribution is -2.31. The highest BCUT2D eigenvalue weighted by atomic mass is 35.5. The number of anilines is 1. The van der Waals surface area contributed by atoms with Crippen molar-refractivity contribution in [3.63, 3.8) is 0 Å². The second-order valence-corrected chi connectivity index (χ2v) is 4.44. The molecule has 1 unspecified atom stereocenters. The summed E-state index contributed by atoms with van der Waals surface area (Å²) in [6.45, 7) is 6.75. The Labute approximate surface area is 111 Å². The SMILES string of the molecule is CCOc1nc(Cl)nc(N2CCCOC(C)C2)n1. The predicted octanol–water partition coefficient (Wildman–Crippen LogP) is 1.54. The molecule has 0 radical (unpaired) electrons. The minimum absolute atomic E-state index is 0.151. The summed E-state index contributed by atoms with van der Waals surface area (Å²) in [5.74, 6) is 0.552. The van der Waals surface area contributed by atoms with Crippen molar-refractivity contribution in [1.82, 2.24) is 15.0 Å². The number of ether oxygens (including phenoxy) is 2. The topological polar surface area (TPSA) is 60.4 Å². The van der Waals surface area contributed by atoms with Crippen LogP contribution in [0, 0.1) is 0 Å². The van der Waals surface area contributed by atoms with Gasteiger partial charge in [-0.2, -0.15) is 15.0 Å². The minimum Gasteiger partial charge on any atom is -0.464 e. The first kappa shape index (κ1) is 13.3. The summed E-state index contributed by atoms with van der Waals surface area (Å²) in [6, 6.07) is 0.269. The molecule has 0 saturated carbocycles. The highest BCUT2D eigenvalue weighted by Gasteiger charge is 2.19. The molecule has 7 heteroatoms. The van der Waals surface area contributed by atoms with Gasteiger partial charge in [-0.3, -0.25) is 0 Å². The van der Waals surface area contributed by atoms with E-state index in [9.17, 15) is 0 Å². The van der Waals surface area contributed by atoms with E-state index in [-0.39, 0.29) is 17.4 Å². The van der Waals surface area contributed by atoms with Crippen LogP contribution in [-0.2, 0) is 4.74 Å². The molecule has 1 aromatic heterocycles. The third-order valence-electron chi connectivity index (χ3n) is 2.58. The summed E-state index contributed by atoms with van der Waals surface area (Å²) in [4.78, 5) is 14.4. The van der Waals surface area contributed by atoms with Gasteiger partial charge in [-0.05, 0) is 31.9 Å². The molecule has 1 fully saturated rings. The fourth-order valence-electron chi connectivity index (χ4n) is 1.83. The molecular weight excluding hydrogens is 256 g/mol. The largest absolute Gasteiger partial charge is 0.464 e. The molecule has 0 spiro atoms. The smallest absolute Gasteiger partial charge is 0.322 e. The van der Waals surface area contributed by atoms with E-state index >= 15 is 0 Å². The number of aromatic nitrogens is 3. The molecule has 0 N–H and O–H groups in total. The van der Waals surface area contributed by atoms with E-state index in [0.29, 0.717) is 12.6 Å². The van der Waals surface area contributed by atoms with Crippen LogP contribution in [0.25, 0.3) is 0 Å². The van der Waals surface area contributed by atoms with Crippen molar-refractivity contribution in [2.24, 2.45) is 0 Å². The van der Waals surface area contributed by atoms with Gasteiger partial charge in [0.05, 0.1) is 12.7 Å². The maximum Gasteiger partial charge on any atom is 0.322 e. The predicted molar refractivity (Wildman–Crippen MR) is 68.3 cm³/mol. The summed E-state index contributed by atoms with van der Waals surface area (Å²) < 4.78 is 10.9. The van der Waals surface area contributed by atoms with Gasteiger partial charge in [-0.1, -0.05) is 0 Å². The monoisotopic (exact) mass is 272 g/mol. The van der Waals surface area contributed by atoms with E-state index in [0.717, 1.165) is 26.1 Å². The minimum atomic E-state index is 0.151. The first-order valence-electron chi connectivity index (χ1n) is 6.10. The van der Waals surface area contributed by atoms with E-state index in [1.165, 1.54) is 0 Å². The second kappa shape index (κ2) is 6.15. The molecule has 0 aromatic carbocycles. The number of halogens is 1. The standard InChI is InChI=1S/C11H17ClN4O2/c1-3-17-11-14-9(12)13-10(15-11)16-5-4-6-18-8(2)7-16/h8H,3-7H2,1-2H3. The third kappa shape index (κ3) is 3.43. The van der Waals surface area contributed by atoms with Crippen LogP contribution in [-0.4, -0.2) is 47.4 Å². The molecule has 0 aliphatic carbocycles. The van der Waals surface area contributed by atoms with Crippen LogP contribution in [0.2, 0.25) is 5.28 Å². The van der Waals surface area contributed by atoms with Crippen molar-refractivity contribution in [1.29, 1.82) is 0 Å². The Hall–Kier alpha value is -1.14. The Morgan fingerprint density at radius 2 is 2.28 bits per heavy atom. The molecular formula is C11H17ClN4O2. The van der Waals surface area contributed by atoms with Crippen LogP contribution in [0.15, 0.2) is 0 Å². The van der Waals surface area contributed by atoms with Crippen LogP contribution in [0.5, 0.6) is 6.01 Å². The number of rotatable bonds is 3. The third-order valence-corrected chi connectivity index (χ3v) is 2.75. The molecule has 2 heterocycles. The van der Waals surface area contributed by atoms with Crippen molar-refractivity contribution in [2.45, 2.75) is 26.4 Å². The highest BCUT2D eigenvalue weighted by Crippen LogP contribution is 2.17. The molecule has 1 atom stereocenters. The fourth-order valence-corrected chi connectivity index (χ4v) is 1.98. The van der Waals surface area contributed by atoms with E-state index in [1.807, 2.05) is 18.7 Å². The zero-order valence-electron chi connectivity index (χ0n) is 10.6. The maximum absolute atomic E-state index is 5.88. The summed E-state index contributed by atoms with van der Waals surface area (Å²) in [6.07, 6.45) is 1.09. The van der Waals surface area contributed by atoms with Crippen molar-refractivity contribution in [2.75, 3.05) is 31.2 Å². The number of hydrogen-bond donors (Lipinski definition) is 0. The van der Waals surface area contributed by atoms with Gasteiger partial charge in [0.15, 0.2) is 0 Å². The lowest BCUT2D eigenvalue weighted by atomic mass is 10.3. The number of hydrogen-bond acceptors (Lipinski definition) is 6.